The average molecular weight is 455 g/mol. The summed E-state index contributed by atoms with van der Waals surface area (Å²) in [4.78, 5) is 24.1. The fraction of sp³-hybridized carbons (Fsp3) is 0. The highest BCUT2D eigenvalue weighted by Gasteiger charge is 2.11. The van der Waals surface area contributed by atoms with Crippen LogP contribution in [0.5, 0.6) is 17.2 Å². The van der Waals surface area contributed by atoms with Crippen molar-refractivity contribution in [1.82, 2.24) is 5.43 Å². The summed E-state index contributed by atoms with van der Waals surface area (Å²) in [5, 5.41) is 22.7. The molecule has 0 radical (unpaired) electrons. The van der Waals surface area contributed by atoms with Crippen molar-refractivity contribution in [3.05, 3.63) is 87.9 Å². The first-order chi connectivity index (χ1) is 13.9. The fourth-order valence-electron chi connectivity index (χ4n) is 2.34. The van der Waals surface area contributed by atoms with Crippen LogP contribution in [0, 0.1) is 0 Å². The van der Waals surface area contributed by atoms with Crippen LogP contribution in [0.25, 0.3) is 0 Å². The van der Waals surface area contributed by atoms with E-state index in [1.54, 1.807) is 42.5 Å². The molecule has 0 aliphatic carbocycles. The number of phenols is 2. The van der Waals surface area contributed by atoms with Gasteiger partial charge in [0.1, 0.15) is 17.2 Å². The Bertz CT molecular complexity index is 1080. The van der Waals surface area contributed by atoms with Crippen LogP contribution in [-0.4, -0.2) is 28.3 Å². The van der Waals surface area contributed by atoms with E-state index in [1.807, 2.05) is 6.07 Å². The zero-order chi connectivity index (χ0) is 20.8. The van der Waals surface area contributed by atoms with Crippen molar-refractivity contribution < 1.29 is 24.5 Å². The molecule has 0 spiro atoms. The first kappa shape index (κ1) is 20.1. The lowest BCUT2D eigenvalue weighted by atomic mass is 10.2. The second-order valence-corrected chi connectivity index (χ2v) is 6.79. The van der Waals surface area contributed by atoms with Gasteiger partial charge >= 0.3 is 5.97 Å². The molecule has 0 heterocycles. The number of esters is 1. The van der Waals surface area contributed by atoms with Gasteiger partial charge in [0.25, 0.3) is 5.91 Å². The third-order valence-corrected chi connectivity index (χ3v) is 4.25. The van der Waals surface area contributed by atoms with E-state index in [4.69, 9.17) is 4.74 Å². The Morgan fingerprint density at radius 2 is 1.76 bits per heavy atom. The lowest BCUT2D eigenvalue weighted by Crippen LogP contribution is -2.17. The minimum Gasteiger partial charge on any atom is -0.508 e. The number of hydrogen-bond acceptors (Lipinski definition) is 6. The number of amides is 1. The number of hydrogen-bond donors (Lipinski definition) is 3. The third-order valence-electron chi connectivity index (χ3n) is 3.76. The largest absolute Gasteiger partial charge is 0.508 e. The molecule has 0 saturated carbocycles. The molecule has 0 aliphatic heterocycles. The summed E-state index contributed by atoms with van der Waals surface area (Å²) in [7, 11) is 0. The molecule has 0 atom stereocenters. The Morgan fingerprint density at radius 1 is 1.00 bits per heavy atom. The first-order valence-corrected chi connectivity index (χ1v) is 9.15. The van der Waals surface area contributed by atoms with Crippen molar-refractivity contribution in [3.63, 3.8) is 0 Å². The zero-order valence-corrected chi connectivity index (χ0v) is 16.5. The number of phenolic OH excluding ortho intramolecular Hbond substituents is 2. The Kier molecular flexibility index (Phi) is 6.25. The van der Waals surface area contributed by atoms with Crippen molar-refractivity contribution in [2.24, 2.45) is 5.10 Å². The van der Waals surface area contributed by atoms with Gasteiger partial charge in [-0.05, 0) is 60.2 Å². The highest BCUT2D eigenvalue weighted by Crippen LogP contribution is 2.22. The van der Waals surface area contributed by atoms with E-state index < -0.39 is 11.9 Å². The van der Waals surface area contributed by atoms with E-state index in [9.17, 15) is 19.8 Å². The van der Waals surface area contributed by atoms with Gasteiger partial charge in [-0.3, -0.25) is 4.79 Å². The maximum absolute atomic E-state index is 12.1. The maximum Gasteiger partial charge on any atom is 0.343 e. The molecule has 0 aliphatic rings. The van der Waals surface area contributed by atoms with E-state index in [2.05, 4.69) is 26.5 Å². The van der Waals surface area contributed by atoms with E-state index in [0.717, 1.165) is 10.5 Å². The molecule has 1 amide bonds. The van der Waals surface area contributed by atoms with Crippen molar-refractivity contribution in [2.45, 2.75) is 0 Å². The fourth-order valence-corrected chi connectivity index (χ4v) is 2.74. The zero-order valence-electron chi connectivity index (χ0n) is 14.9. The molecule has 146 valence electrons. The lowest BCUT2D eigenvalue weighted by Gasteiger charge is -2.05. The molecule has 3 rings (SSSR count). The maximum atomic E-state index is 12.1. The van der Waals surface area contributed by atoms with Crippen LogP contribution in [0.15, 0.2) is 76.3 Å². The number of halogens is 1. The van der Waals surface area contributed by atoms with E-state index in [-0.39, 0.29) is 17.1 Å². The molecule has 0 aromatic heterocycles. The number of rotatable bonds is 5. The predicted molar refractivity (Wildman–Crippen MR) is 110 cm³/mol. The quantitative estimate of drug-likeness (QED) is 0.235. The van der Waals surface area contributed by atoms with Crippen molar-refractivity contribution in [1.29, 1.82) is 0 Å². The Balaban J connectivity index is 1.58. The monoisotopic (exact) mass is 454 g/mol. The highest BCUT2D eigenvalue weighted by molar-refractivity contribution is 9.10. The van der Waals surface area contributed by atoms with Gasteiger partial charge < -0.3 is 14.9 Å². The van der Waals surface area contributed by atoms with Crippen LogP contribution < -0.4 is 10.2 Å². The molecule has 0 unspecified atom stereocenters. The summed E-state index contributed by atoms with van der Waals surface area (Å²) >= 11 is 3.30. The number of ether oxygens (including phenoxy) is 1. The summed E-state index contributed by atoms with van der Waals surface area (Å²) in [5.74, 6) is -1.24. The SMILES string of the molecule is O=C(Oc1ccc(/C=N\NC(=O)c2ccc(O)cc2O)cc1)c1cccc(Br)c1. The van der Waals surface area contributed by atoms with Crippen LogP contribution in [0.1, 0.15) is 26.3 Å². The number of benzene rings is 3. The van der Waals surface area contributed by atoms with Gasteiger partial charge in [0.15, 0.2) is 0 Å². The minimum absolute atomic E-state index is 0.0187. The van der Waals surface area contributed by atoms with Crippen LogP contribution in [0.2, 0.25) is 0 Å². The molecule has 3 aromatic carbocycles. The molecular formula is C21H15BrN2O5. The Labute approximate surface area is 174 Å². The van der Waals surface area contributed by atoms with Crippen molar-refractivity contribution >= 4 is 34.0 Å². The van der Waals surface area contributed by atoms with Gasteiger partial charge in [-0.15, -0.1) is 0 Å². The van der Waals surface area contributed by atoms with Gasteiger partial charge in [0.05, 0.1) is 17.3 Å². The molecule has 0 saturated heterocycles. The number of nitrogens with one attached hydrogen (secondary N) is 1. The number of carbonyl (C=O) groups is 2. The topological polar surface area (TPSA) is 108 Å². The molecule has 3 N–H and O–H groups in total. The third kappa shape index (κ3) is 5.43. The van der Waals surface area contributed by atoms with Gasteiger partial charge in [0.2, 0.25) is 0 Å². The van der Waals surface area contributed by atoms with Gasteiger partial charge in [-0.1, -0.05) is 22.0 Å². The number of carbonyl (C=O) groups excluding carboxylic acids is 2. The van der Waals surface area contributed by atoms with Crippen molar-refractivity contribution in [2.75, 3.05) is 0 Å². The predicted octanol–water partition coefficient (Wildman–Crippen LogP) is 3.84. The highest BCUT2D eigenvalue weighted by atomic mass is 79.9. The van der Waals surface area contributed by atoms with Crippen LogP contribution >= 0.6 is 15.9 Å². The summed E-state index contributed by atoms with van der Waals surface area (Å²) in [6, 6.07) is 17.0. The number of nitrogens with zero attached hydrogens (tertiary/aromatic N) is 1. The smallest absolute Gasteiger partial charge is 0.343 e. The molecule has 0 bridgehead atoms. The Hall–Kier alpha value is -3.65. The van der Waals surface area contributed by atoms with Crippen LogP contribution in [0.3, 0.4) is 0 Å². The summed E-state index contributed by atoms with van der Waals surface area (Å²) in [6.07, 6.45) is 1.40. The van der Waals surface area contributed by atoms with Crippen LogP contribution in [-0.2, 0) is 0 Å². The molecular weight excluding hydrogens is 440 g/mol. The number of hydrazone groups is 1. The lowest BCUT2D eigenvalue weighted by molar-refractivity contribution is 0.0734. The molecule has 8 heteroatoms. The molecule has 29 heavy (non-hydrogen) atoms. The van der Waals surface area contributed by atoms with Gasteiger partial charge in [-0.25, -0.2) is 10.2 Å². The summed E-state index contributed by atoms with van der Waals surface area (Å²) in [6.45, 7) is 0. The van der Waals surface area contributed by atoms with E-state index >= 15 is 0 Å². The molecule has 7 nitrogen and oxygen atoms in total. The molecule has 0 fully saturated rings. The summed E-state index contributed by atoms with van der Waals surface area (Å²) < 4.78 is 6.09. The number of aromatic hydroxyl groups is 2. The second kappa shape index (κ2) is 9.03. The van der Waals surface area contributed by atoms with Gasteiger partial charge in [0, 0.05) is 10.5 Å². The van der Waals surface area contributed by atoms with Crippen LogP contribution in [0.4, 0.5) is 0 Å². The minimum atomic E-state index is -0.627. The standard InChI is InChI=1S/C21H15BrN2O5/c22-15-3-1-2-14(10-15)21(28)29-17-7-4-13(5-8-17)12-23-24-20(27)18-9-6-16(25)11-19(18)26/h1-12,25-26H,(H,24,27)/b23-12-. The molecule has 3 aromatic rings. The summed E-state index contributed by atoms with van der Waals surface area (Å²) in [5.41, 5.74) is 3.34. The average Bonchev–Trinajstić information content (AvgIpc) is 2.69. The second-order valence-electron chi connectivity index (χ2n) is 5.87. The normalized spacial score (nSPS) is 10.7. The van der Waals surface area contributed by atoms with Crippen molar-refractivity contribution in [3.8, 4) is 17.2 Å². The van der Waals surface area contributed by atoms with E-state index in [1.165, 1.54) is 18.3 Å². The Morgan fingerprint density at radius 3 is 2.45 bits per heavy atom. The first-order valence-electron chi connectivity index (χ1n) is 8.35. The van der Waals surface area contributed by atoms with Gasteiger partial charge in [-0.2, -0.15) is 5.10 Å². The van der Waals surface area contributed by atoms with E-state index in [0.29, 0.717) is 16.9 Å².